The van der Waals surface area contributed by atoms with Gasteiger partial charge in [0.1, 0.15) is 72.5 Å². The lowest BCUT2D eigenvalue weighted by atomic mass is 9.97. The van der Waals surface area contributed by atoms with Crippen molar-refractivity contribution in [2.45, 2.75) is 93.6 Å². The Labute approximate surface area is 286 Å². The normalized spacial score (nSPS) is 30.8. The Morgan fingerprint density at radius 1 is 0.780 bits per heavy atom. The van der Waals surface area contributed by atoms with Gasteiger partial charge >= 0.3 is 11.9 Å². The molecule has 276 valence electrons. The summed E-state index contributed by atoms with van der Waals surface area (Å²) in [5.74, 6) is -1.92. The number of aromatic hydroxyl groups is 1. The summed E-state index contributed by atoms with van der Waals surface area (Å²) >= 11 is 0. The Morgan fingerprint density at radius 2 is 1.32 bits per heavy atom. The zero-order chi connectivity index (χ0) is 36.7. The molecule has 11 atom stereocenters. The lowest BCUT2D eigenvalue weighted by Crippen LogP contribution is -2.62. The van der Waals surface area contributed by atoms with Crippen LogP contribution in [0.4, 0.5) is 0 Å². The average Bonchev–Trinajstić information content (AvgIpc) is 3.10. The lowest BCUT2D eigenvalue weighted by molar-refractivity contribution is -0.330. The Bertz CT molecular complexity index is 1430. The quantitative estimate of drug-likeness (QED) is 0.0791. The van der Waals surface area contributed by atoms with Crippen molar-refractivity contribution in [3.8, 4) is 11.5 Å². The van der Waals surface area contributed by atoms with E-state index in [0.29, 0.717) is 11.1 Å². The molecule has 50 heavy (non-hydrogen) atoms. The topological polar surface area (TPSA) is 272 Å². The van der Waals surface area contributed by atoms with Crippen molar-refractivity contribution in [3.05, 3.63) is 65.7 Å². The number of phenols is 1. The summed E-state index contributed by atoms with van der Waals surface area (Å²) < 4.78 is 33.0. The van der Waals surface area contributed by atoms with Crippen LogP contribution >= 0.6 is 0 Å². The van der Waals surface area contributed by atoms with Crippen molar-refractivity contribution in [2.24, 2.45) is 0 Å². The number of esters is 2. The SMILES string of the molecule is CC(C)(O[C@H]1O[C@H](CO)[C@@H](O)[C@H](O)[C@H]1O)[C@H](OC(=O)C=Cc1ccc(O)cc1)C(=O)OCc1ccc(O[C@H]2O[C@H](CO)[C@@H](O)[C@H](O)[C@H]2O)cc1. The van der Waals surface area contributed by atoms with Crippen LogP contribution in [0.3, 0.4) is 0 Å². The van der Waals surface area contributed by atoms with Crippen LogP contribution in [-0.2, 0) is 39.9 Å². The van der Waals surface area contributed by atoms with Gasteiger partial charge in [0, 0.05) is 6.08 Å². The molecule has 0 amide bonds. The first-order chi connectivity index (χ1) is 23.6. The minimum atomic E-state index is -1.82. The molecule has 0 saturated carbocycles. The van der Waals surface area contributed by atoms with Gasteiger partial charge in [-0.3, -0.25) is 0 Å². The average molecular weight is 711 g/mol. The van der Waals surface area contributed by atoms with E-state index in [9.17, 15) is 55.5 Å². The minimum Gasteiger partial charge on any atom is -0.508 e. The maximum atomic E-state index is 13.5. The molecule has 0 bridgehead atoms. The van der Waals surface area contributed by atoms with Gasteiger partial charge in [0.25, 0.3) is 0 Å². The molecule has 0 aromatic heterocycles. The third-order valence-corrected chi connectivity index (χ3v) is 8.06. The summed E-state index contributed by atoms with van der Waals surface area (Å²) in [6, 6.07) is 11.7. The van der Waals surface area contributed by atoms with Crippen LogP contribution in [0.5, 0.6) is 11.5 Å². The van der Waals surface area contributed by atoms with Crippen molar-refractivity contribution in [3.63, 3.8) is 0 Å². The van der Waals surface area contributed by atoms with Crippen LogP contribution in [0.1, 0.15) is 25.0 Å². The van der Waals surface area contributed by atoms with Crippen molar-refractivity contribution < 1.29 is 84.0 Å². The highest BCUT2D eigenvalue weighted by Crippen LogP contribution is 2.30. The van der Waals surface area contributed by atoms with Gasteiger partial charge in [-0.05, 0) is 55.3 Å². The number of rotatable bonds is 13. The fourth-order valence-corrected chi connectivity index (χ4v) is 5.10. The first-order valence-corrected chi connectivity index (χ1v) is 15.5. The smallest absolute Gasteiger partial charge is 0.350 e. The molecule has 2 fully saturated rings. The third kappa shape index (κ3) is 9.53. The van der Waals surface area contributed by atoms with Crippen LogP contribution in [0, 0.1) is 0 Å². The molecule has 17 heteroatoms. The van der Waals surface area contributed by atoms with Crippen LogP contribution < -0.4 is 4.74 Å². The van der Waals surface area contributed by atoms with Gasteiger partial charge in [-0.25, -0.2) is 9.59 Å². The number of carbonyl (C=O) groups is 2. The van der Waals surface area contributed by atoms with Crippen molar-refractivity contribution in [2.75, 3.05) is 13.2 Å². The van der Waals surface area contributed by atoms with E-state index in [1.54, 1.807) is 0 Å². The second kappa shape index (κ2) is 17.0. The molecular formula is C33H42O17. The fourth-order valence-electron chi connectivity index (χ4n) is 5.10. The Hall–Kier alpha value is -3.72. The summed E-state index contributed by atoms with van der Waals surface area (Å²) in [7, 11) is 0. The lowest BCUT2D eigenvalue weighted by Gasteiger charge is -2.43. The van der Waals surface area contributed by atoms with Gasteiger partial charge in [-0.15, -0.1) is 0 Å². The van der Waals surface area contributed by atoms with E-state index >= 15 is 0 Å². The van der Waals surface area contributed by atoms with Crippen molar-refractivity contribution in [1.82, 2.24) is 0 Å². The first-order valence-electron chi connectivity index (χ1n) is 15.5. The number of benzene rings is 2. The molecule has 9 N–H and O–H groups in total. The standard InChI is InChI=1S/C33H42O17/c1-33(2,50-32-28(43)26(41)24(39)21(14-35)48-32)29(49-22(37)12-7-16-3-8-18(36)9-4-16)30(44)45-15-17-5-10-19(11-6-17)46-31-27(42)25(40)23(38)20(13-34)47-31/h3-12,20-21,23-29,31-32,34-36,38-43H,13-15H2,1-2H3/t20-,21-,23-,24-,25+,26+,27-,28-,29-,31+,32-/m1/s1. The number of carbonyl (C=O) groups excluding carboxylic acids is 2. The largest absolute Gasteiger partial charge is 0.508 e. The second-order valence-corrected chi connectivity index (χ2v) is 12.2. The van der Waals surface area contributed by atoms with Crippen LogP contribution in [-0.4, -0.2) is 144 Å². The molecule has 2 aliphatic rings. The number of hydrogen-bond acceptors (Lipinski definition) is 17. The van der Waals surface area contributed by atoms with E-state index in [1.165, 1.54) is 68.5 Å². The molecule has 2 aliphatic heterocycles. The van der Waals surface area contributed by atoms with E-state index in [2.05, 4.69) is 0 Å². The van der Waals surface area contributed by atoms with E-state index < -0.39 is 98.3 Å². The van der Waals surface area contributed by atoms with Gasteiger partial charge in [-0.1, -0.05) is 24.3 Å². The Morgan fingerprint density at radius 3 is 1.88 bits per heavy atom. The van der Waals surface area contributed by atoms with Crippen LogP contribution in [0.2, 0.25) is 0 Å². The summed E-state index contributed by atoms with van der Waals surface area (Å²) in [6.07, 6.45) is -15.1. The van der Waals surface area contributed by atoms with E-state index in [4.69, 9.17) is 28.4 Å². The number of phenolic OH excluding ortho intramolecular Hbond substituents is 1. The molecule has 2 heterocycles. The second-order valence-electron chi connectivity index (χ2n) is 12.2. The number of ether oxygens (including phenoxy) is 6. The molecule has 2 aromatic rings. The van der Waals surface area contributed by atoms with Crippen LogP contribution in [0.25, 0.3) is 6.08 Å². The first kappa shape index (κ1) is 39.1. The monoisotopic (exact) mass is 710 g/mol. The van der Waals surface area contributed by atoms with Crippen molar-refractivity contribution >= 4 is 18.0 Å². The molecular weight excluding hydrogens is 668 g/mol. The molecule has 17 nitrogen and oxygen atoms in total. The molecule has 2 aromatic carbocycles. The highest BCUT2D eigenvalue weighted by Gasteiger charge is 2.50. The predicted octanol–water partition coefficient (Wildman–Crippen LogP) is -2.17. The highest BCUT2D eigenvalue weighted by atomic mass is 16.7. The van der Waals surface area contributed by atoms with Gasteiger partial charge in [0.15, 0.2) is 6.29 Å². The maximum Gasteiger partial charge on any atom is 0.350 e. The summed E-state index contributed by atoms with van der Waals surface area (Å²) in [5.41, 5.74) is -0.866. The number of hydrogen-bond donors (Lipinski definition) is 9. The number of aliphatic hydroxyl groups is 8. The Kier molecular flexibility index (Phi) is 13.3. The minimum absolute atomic E-state index is 0.00981. The van der Waals surface area contributed by atoms with E-state index in [0.717, 1.165) is 6.08 Å². The van der Waals surface area contributed by atoms with Gasteiger partial charge in [0.05, 0.1) is 13.2 Å². The molecule has 2 saturated heterocycles. The van der Waals surface area contributed by atoms with E-state index in [1.807, 2.05) is 0 Å². The van der Waals surface area contributed by atoms with Gasteiger partial charge in [-0.2, -0.15) is 0 Å². The fraction of sp³-hybridized carbons (Fsp3) is 0.515. The number of aliphatic hydroxyl groups excluding tert-OH is 8. The Balaban J connectivity index is 1.46. The molecule has 0 unspecified atom stereocenters. The van der Waals surface area contributed by atoms with Crippen molar-refractivity contribution in [1.29, 1.82) is 0 Å². The molecule has 4 rings (SSSR count). The van der Waals surface area contributed by atoms with E-state index in [-0.39, 0.29) is 18.1 Å². The zero-order valence-electron chi connectivity index (χ0n) is 27.0. The maximum absolute atomic E-state index is 13.5. The molecule has 0 aliphatic carbocycles. The molecule has 0 spiro atoms. The van der Waals surface area contributed by atoms with Gasteiger partial charge < -0.3 is 74.4 Å². The summed E-state index contributed by atoms with van der Waals surface area (Å²) in [6.45, 7) is 0.919. The molecule has 0 radical (unpaired) electrons. The summed E-state index contributed by atoms with van der Waals surface area (Å²) in [4.78, 5) is 26.3. The van der Waals surface area contributed by atoms with Gasteiger partial charge in [0.2, 0.25) is 12.4 Å². The predicted molar refractivity (Wildman–Crippen MR) is 167 cm³/mol. The third-order valence-electron chi connectivity index (χ3n) is 8.06. The highest BCUT2D eigenvalue weighted by molar-refractivity contribution is 5.89. The van der Waals surface area contributed by atoms with Crippen LogP contribution in [0.15, 0.2) is 54.6 Å². The summed E-state index contributed by atoms with van der Waals surface area (Å²) in [5, 5.41) is 89.4. The zero-order valence-corrected chi connectivity index (χ0v) is 27.0.